The number of nitrogens with one attached hydrogen (secondary N) is 1. The molecule has 12 heteroatoms. The van der Waals surface area contributed by atoms with Gasteiger partial charge in [0.05, 0.1) is 23.6 Å². The molecule has 3 rings (SSSR count). The minimum absolute atomic E-state index is 0.0249. The summed E-state index contributed by atoms with van der Waals surface area (Å²) in [7, 11) is 2.59. The fourth-order valence-electron chi connectivity index (χ4n) is 2.95. The Labute approximate surface area is 196 Å². The molecule has 1 N–H and O–H groups in total. The zero-order chi connectivity index (χ0) is 24.1. The van der Waals surface area contributed by atoms with Crippen molar-refractivity contribution in [2.75, 3.05) is 20.8 Å². The summed E-state index contributed by atoms with van der Waals surface area (Å²) >= 11 is 3.39. The van der Waals surface area contributed by atoms with Crippen molar-refractivity contribution in [2.24, 2.45) is 0 Å². The van der Waals surface area contributed by atoms with E-state index in [0.29, 0.717) is 27.1 Å². The van der Waals surface area contributed by atoms with Crippen LogP contribution >= 0.6 is 15.9 Å². The number of nitro groups is 1. The van der Waals surface area contributed by atoms with E-state index >= 15 is 0 Å². The largest absolute Gasteiger partial charge is 0.493 e. The van der Waals surface area contributed by atoms with Crippen molar-refractivity contribution < 1.29 is 33.5 Å². The Kier molecular flexibility index (Phi) is 7.28. The molecule has 172 valence electrons. The van der Waals surface area contributed by atoms with Gasteiger partial charge in [-0.1, -0.05) is 12.1 Å². The highest BCUT2D eigenvalue weighted by molar-refractivity contribution is 9.10. The summed E-state index contributed by atoms with van der Waals surface area (Å²) in [6, 6.07) is 8.55. The van der Waals surface area contributed by atoms with Crippen LogP contribution in [0, 0.1) is 10.1 Å². The third kappa shape index (κ3) is 5.47. The summed E-state index contributed by atoms with van der Waals surface area (Å²) in [5.74, 6) is -0.731. The van der Waals surface area contributed by atoms with E-state index in [-0.39, 0.29) is 18.0 Å². The molecule has 0 saturated carbocycles. The van der Waals surface area contributed by atoms with Crippen LogP contribution in [0.4, 0.5) is 10.5 Å². The molecular weight excluding hydrogens is 502 g/mol. The standard InChI is InChI=1S/C21H18BrN3O8/c1-31-17-9-13(8-16-20(27)24(21(28)23-16)10-18(26)32-2)7-15(22)19(17)33-11-12-4-3-5-14(6-12)25(29)30/h3-9H,10-11H2,1-2H3,(H,23,28)/b16-8+. The maximum Gasteiger partial charge on any atom is 0.329 e. The van der Waals surface area contributed by atoms with E-state index < -0.39 is 29.4 Å². The normalized spacial score (nSPS) is 14.3. The minimum atomic E-state index is -0.736. The van der Waals surface area contributed by atoms with Crippen LogP contribution in [0.25, 0.3) is 6.08 Å². The molecule has 0 aliphatic carbocycles. The third-order valence-corrected chi connectivity index (χ3v) is 5.13. The number of hydrogen-bond donors (Lipinski definition) is 1. The quantitative estimate of drug-likeness (QED) is 0.184. The smallest absolute Gasteiger partial charge is 0.329 e. The number of imide groups is 1. The molecule has 0 aromatic heterocycles. The van der Waals surface area contributed by atoms with Gasteiger partial charge in [0.2, 0.25) is 0 Å². The van der Waals surface area contributed by atoms with Crippen LogP contribution in [-0.2, 0) is 20.9 Å². The van der Waals surface area contributed by atoms with Crippen molar-refractivity contribution in [2.45, 2.75) is 6.61 Å². The summed E-state index contributed by atoms with van der Waals surface area (Å²) in [5, 5.41) is 13.4. The molecule has 0 bridgehead atoms. The Bertz CT molecular complexity index is 1160. The maximum atomic E-state index is 12.5. The van der Waals surface area contributed by atoms with E-state index in [0.717, 1.165) is 12.0 Å². The topological polar surface area (TPSA) is 137 Å². The van der Waals surface area contributed by atoms with E-state index in [1.807, 2.05) is 0 Å². The van der Waals surface area contributed by atoms with Gasteiger partial charge in [-0.05, 0) is 45.3 Å². The van der Waals surface area contributed by atoms with Gasteiger partial charge in [-0.25, -0.2) is 9.69 Å². The SMILES string of the molecule is COC(=O)CN1C(=O)N/C(=C/c2cc(Br)c(OCc3cccc([N+](=O)[O-])c3)c(OC)c2)C1=O. The van der Waals surface area contributed by atoms with Crippen molar-refractivity contribution in [1.29, 1.82) is 0 Å². The van der Waals surface area contributed by atoms with Gasteiger partial charge >= 0.3 is 12.0 Å². The summed E-state index contributed by atoms with van der Waals surface area (Å²) in [6.45, 7) is -0.454. The number of ether oxygens (including phenoxy) is 3. The number of nitrogens with zero attached hydrogens (tertiary/aromatic N) is 2. The fraction of sp³-hybridized carbons (Fsp3) is 0.190. The number of rotatable bonds is 8. The van der Waals surface area contributed by atoms with E-state index in [9.17, 15) is 24.5 Å². The number of halogens is 1. The number of carbonyl (C=O) groups excluding carboxylic acids is 3. The first kappa shape index (κ1) is 23.7. The van der Waals surface area contributed by atoms with Crippen LogP contribution in [0.5, 0.6) is 11.5 Å². The minimum Gasteiger partial charge on any atom is -0.493 e. The number of hydrogen-bond acceptors (Lipinski definition) is 8. The first-order valence-electron chi connectivity index (χ1n) is 9.38. The van der Waals surface area contributed by atoms with Crippen molar-refractivity contribution in [1.82, 2.24) is 10.2 Å². The molecule has 33 heavy (non-hydrogen) atoms. The highest BCUT2D eigenvalue weighted by atomic mass is 79.9. The lowest BCUT2D eigenvalue weighted by Gasteiger charge is -2.14. The first-order valence-corrected chi connectivity index (χ1v) is 10.2. The fourth-order valence-corrected chi connectivity index (χ4v) is 3.53. The maximum absolute atomic E-state index is 12.5. The number of non-ortho nitro benzene ring substituents is 1. The third-order valence-electron chi connectivity index (χ3n) is 4.54. The number of urea groups is 1. The van der Waals surface area contributed by atoms with E-state index in [1.165, 1.54) is 25.3 Å². The highest BCUT2D eigenvalue weighted by Gasteiger charge is 2.35. The van der Waals surface area contributed by atoms with Crippen LogP contribution < -0.4 is 14.8 Å². The van der Waals surface area contributed by atoms with Gasteiger partial charge in [-0.15, -0.1) is 0 Å². The van der Waals surface area contributed by atoms with Crippen LogP contribution in [0.2, 0.25) is 0 Å². The monoisotopic (exact) mass is 519 g/mol. The van der Waals surface area contributed by atoms with E-state index in [1.54, 1.807) is 24.3 Å². The summed E-state index contributed by atoms with van der Waals surface area (Å²) < 4.78 is 16.2. The number of carbonyl (C=O) groups is 3. The molecule has 2 aromatic carbocycles. The molecule has 1 fully saturated rings. The van der Waals surface area contributed by atoms with Crippen LogP contribution in [0.15, 0.2) is 46.6 Å². The number of methoxy groups -OCH3 is 2. The number of amides is 3. The van der Waals surface area contributed by atoms with Gasteiger partial charge < -0.3 is 19.5 Å². The van der Waals surface area contributed by atoms with Crippen molar-refractivity contribution in [3.8, 4) is 11.5 Å². The van der Waals surface area contributed by atoms with Gasteiger partial charge in [0.25, 0.3) is 11.6 Å². The lowest BCUT2D eigenvalue weighted by atomic mass is 10.1. The highest BCUT2D eigenvalue weighted by Crippen LogP contribution is 2.38. The number of benzene rings is 2. The van der Waals surface area contributed by atoms with Crippen LogP contribution in [0.1, 0.15) is 11.1 Å². The molecule has 1 aliphatic heterocycles. The second-order valence-electron chi connectivity index (χ2n) is 6.71. The van der Waals surface area contributed by atoms with Crippen molar-refractivity contribution in [3.63, 3.8) is 0 Å². The van der Waals surface area contributed by atoms with Gasteiger partial charge in [-0.3, -0.25) is 19.7 Å². The molecule has 3 amide bonds. The number of nitro benzene ring substituents is 1. The Morgan fingerprint density at radius 3 is 2.67 bits per heavy atom. The Morgan fingerprint density at radius 1 is 1.24 bits per heavy atom. The Balaban J connectivity index is 1.81. The lowest BCUT2D eigenvalue weighted by Crippen LogP contribution is -2.36. The molecule has 0 spiro atoms. The molecule has 1 saturated heterocycles. The molecule has 0 atom stereocenters. The lowest BCUT2D eigenvalue weighted by molar-refractivity contribution is -0.384. The van der Waals surface area contributed by atoms with Crippen LogP contribution in [-0.4, -0.2) is 48.5 Å². The van der Waals surface area contributed by atoms with Crippen LogP contribution in [0.3, 0.4) is 0 Å². The van der Waals surface area contributed by atoms with Gasteiger partial charge in [-0.2, -0.15) is 0 Å². The summed E-state index contributed by atoms with van der Waals surface area (Å²) in [5.41, 5.74) is 1.02. The molecule has 11 nitrogen and oxygen atoms in total. The summed E-state index contributed by atoms with van der Waals surface area (Å²) in [6.07, 6.45) is 1.43. The predicted octanol–water partition coefficient (Wildman–Crippen LogP) is 3.01. The van der Waals surface area contributed by atoms with Gasteiger partial charge in [0.15, 0.2) is 11.5 Å². The molecule has 1 heterocycles. The average Bonchev–Trinajstić information content (AvgIpc) is 3.05. The Morgan fingerprint density at radius 2 is 2.00 bits per heavy atom. The Hall–Kier alpha value is -3.93. The van der Waals surface area contributed by atoms with Crippen molar-refractivity contribution >= 4 is 45.6 Å². The average molecular weight is 520 g/mol. The summed E-state index contributed by atoms with van der Waals surface area (Å²) in [4.78, 5) is 47.1. The zero-order valence-corrected chi connectivity index (χ0v) is 19.1. The zero-order valence-electron chi connectivity index (χ0n) is 17.5. The molecule has 0 radical (unpaired) electrons. The molecule has 2 aromatic rings. The van der Waals surface area contributed by atoms with Gasteiger partial charge in [0, 0.05) is 12.1 Å². The first-order chi connectivity index (χ1) is 15.7. The second kappa shape index (κ2) is 10.1. The van der Waals surface area contributed by atoms with E-state index in [4.69, 9.17) is 9.47 Å². The molecular formula is C21H18BrN3O8. The molecule has 0 unspecified atom stereocenters. The van der Waals surface area contributed by atoms with E-state index in [2.05, 4.69) is 26.0 Å². The predicted molar refractivity (Wildman–Crippen MR) is 118 cm³/mol. The van der Waals surface area contributed by atoms with Crippen molar-refractivity contribution in [3.05, 3.63) is 67.8 Å². The number of esters is 1. The second-order valence-corrected chi connectivity index (χ2v) is 7.56. The van der Waals surface area contributed by atoms with Gasteiger partial charge in [0.1, 0.15) is 18.8 Å². The molecule has 1 aliphatic rings.